The topological polar surface area (TPSA) is 113 Å². The lowest BCUT2D eigenvalue weighted by molar-refractivity contribution is 0.104. The Morgan fingerprint density at radius 2 is 1.96 bits per heavy atom. The number of H-pyrrole nitrogens is 1. The van der Waals surface area contributed by atoms with Crippen molar-refractivity contribution in [1.82, 2.24) is 15.2 Å². The van der Waals surface area contributed by atoms with Crippen LogP contribution < -0.4 is 0 Å². The molecule has 0 aliphatic carbocycles. The quantitative estimate of drug-likeness (QED) is 0.410. The Hall–Kier alpha value is -2.78. The molecule has 0 bridgehead atoms. The molecule has 0 spiro atoms. The molecule has 122 valence electrons. The van der Waals surface area contributed by atoms with Crippen molar-refractivity contribution in [1.29, 1.82) is 0 Å². The maximum absolute atomic E-state index is 12.7. The summed E-state index contributed by atoms with van der Waals surface area (Å²) in [6.07, 6.45) is 2.09. The van der Waals surface area contributed by atoms with Crippen molar-refractivity contribution in [2.45, 2.75) is 9.79 Å². The number of hydrogen-bond donors (Lipinski definition) is 2. The van der Waals surface area contributed by atoms with Gasteiger partial charge in [-0.3, -0.25) is 9.89 Å². The summed E-state index contributed by atoms with van der Waals surface area (Å²) < 4.78 is 25.4. The van der Waals surface area contributed by atoms with Crippen LogP contribution >= 0.6 is 11.3 Å². The molecule has 2 N–H and O–H groups in total. The zero-order valence-corrected chi connectivity index (χ0v) is 13.7. The Balaban J connectivity index is 1.99. The summed E-state index contributed by atoms with van der Waals surface area (Å²) in [6.45, 7) is 0. The summed E-state index contributed by atoms with van der Waals surface area (Å²) in [6, 6.07) is 9.22. The number of sulfone groups is 1. The van der Waals surface area contributed by atoms with Gasteiger partial charge in [-0.15, -0.1) is 11.3 Å². The van der Waals surface area contributed by atoms with Gasteiger partial charge in [0.05, 0.1) is 14.7 Å². The number of aliphatic hydroxyl groups is 1. The van der Waals surface area contributed by atoms with Crippen LogP contribution in [0.5, 0.6) is 0 Å². The molecule has 1 aromatic carbocycles. The van der Waals surface area contributed by atoms with Gasteiger partial charge in [0, 0.05) is 6.08 Å². The van der Waals surface area contributed by atoms with Gasteiger partial charge in [0.1, 0.15) is 6.33 Å². The second-order valence-electron chi connectivity index (χ2n) is 4.66. The van der Waals surface area contributed by atoms with Gasteiger partial charge in [-0.2, -0.15) is 5.10 Å². The summed E-state index contributed by atoms with van der Waals surface area (Å²) in [5.74, 6) is -1.03. The van der Waals surface area contributed by atoms with Crippen LogP contribution in [0.2, 0.25) is 0 Å². The van der Waals surface area contributed by atoms with Crippen LogP contribution in [0.4, 0.5) is 0 Å². The first-order chi connectivity index (χ1) is 11.5. The van der Waals surface area contributed by atoms with Crippen molar-refractivity contribution < 1.29 is 18.3 Å². The zero-order chi connectivity index (χ0) is 17.2. The van der Waals surface area contributed by atoms with E-state index in [0.717, 1.165) is 17.4 Å². The van der Waals surface area contributed by atoms with Crippen LogP contribution in [-0.4, -0.2) is 34.5 Å². The first-order valence-electron chi connectivity index (χ1n) is 6.68. The number of nitrogens with one attached hydrogen (secondary N) is 1. The van der Waals surface area contributed by atoms with E-state index in [1.54, 1.807) is 18.2 Å². The number of allylic oxidation sites excluding steroid dienone is 1. The minimum atomic E-state index is -3.82. The molecule has 0 atom stereocenters. The molecule has 0 radical (unpaired) electrons. The molecule has 3 rings (SSSR count). The third-order valence-electron chi connectivity index (χ3n) is 3.12. The molecule has 2 aromatic heterocycles. The van der Waals surface area contributed by atoms with Crippen LogP contribution in [0, 0.1) is 0 Å². The molecular weight excluding hydrogens is 350 g/mol. The SMILES string of the molecule is O=C(C=C(O)c1ncn[nH]1)c1sccc1S(=O)(=O)c1ccccc1. The van der Waals surface area contributed by atoms with Crippen LogP contribution in [0.3, 0.4) is 0 Å². The summed E-state index contributed by atoms with van der Waals surface area (Å²) in [5, 5.41) is 17.3. The van der Waals surface area contributed by atoms with Crippen molar-refractivity contribution in [2.75, 3.05) is 0 Å². The number of aromatic amines is 1. The van der Waals surface area contributed by atoms with E-state index >= 15 is 0 Å². The third kappa shape index (κ3) is 2.99. The highest BCUT2D eigenvalue weighted by molar-refractivity contribution is 7.91. The average molecular weight is 361 g/mol. The number of benzene rings is 1. The monoisotopic (exact) mass is 361 g/mol. The van der Waals surface area contributed by atoms with E-state index in [1.165, 1.54) is 29.9 Å². The molecule has 0 saturated carbocycles. The van der Waals surface area contributed by atoms with Crippen LogP contribution in [0.1, 0.15) is 15.5 Å². The summed E-state index contributed by atoms with van der Waals surface area (Å²) in [5.41, 5.74) is 0. The smallest absolute Gasteiger partial charge is 0.208 e. The minimum Gasteiger partial charge on any atom is -0.504 e. The highest BCUT2D eigenvalue weighted by Gasteiger charge is 2.25. The Kier molecular flexibility index (Phi) is 4.28. The van der Waals surface area contributed by atoms with Crippen LogP contribution in [0.15, 0.2) is 64.0 Å². The predicted molar refractivity (Wildman–Crippen MR) is 87.5 cm³/mol. The molecule has 7 nitrogen and oxygen atoms in total. The number of aromatic nitrogens is 3. The number of rotatable bonds is 5. The zero-order valence-electron chi connectivity index (χ0n) is 12.1. The standard InChI is InChI=1S/C15H11N3O4S2/c19-11(8-12(20)15-16-9-17-18-15)14-13(6-7-23-14)24(21,22)10-4-2-1-3-5-10/h1-9,20H,(H,16,17,18). The largest absolute Gasteiger partial charge is 0.504 e. The lowest BCUT2D eigenvalue weighted by Gasteiger charge is -2.04. The van der Waals surface area contributed by atoms with Crippen molar-refractivity contribution in [3.05, 3.63) is 64.9 Å². The van der Waals surface area contributed by atoms with E-state index in [-0.39, 0.29) is 20.5 Å². The Labute approximate surface area is 141 Å². The molecule has 0 saturated heterocycles. The van der Waals surface area contributed by atoms with Gasteiger partial charge in [-0.1, -0.05) is 18.2 Å². The molecule has 0 aliphatic rings. The molecule has 24 heavy (non-hydrogen) atoms. The van der Waals surface area contributed by atoms with Gasteiger partial charge in [-0.05, 0) is 23.6 Å². The van der Waals surface area contributed by atoms with E-state index in [2.05, 4.69) is 15.2 Å². The molecule has 2 heterocycles. The van der Waals surface area contributed by atoms with E-state index in [0.29, 0.717) is 0 Å². The number of carbonyl (C=O) groups excluding carboxylic acids is 1. The second kappa shape index (κ2) is 6.38. The summed E-state index contributed by atoms with van der Waals surface area (Å²) in [7, 11) is -3.82. The second-order valence-corrected chi connectivity index (χ2v) is 7.49. The van der Waals surface area contributed by atoms with Crippen LogP contribution in [0.25, 0.3) is 5.76 Å². The molecular formula is C15H11N3O4S2. The molecule has 3 aromatic rings. The van der Waals surface area contributed by atoms with E-state index in [1.807, 2.05) is 0 Å². The average Bonchev–Trinajstić information content (AvgIpc) is 3.27. The normalized spacial score (nSPS) is 12.2. The predicted octanol–water partition coefficient (Wildman–Crippen LogP) is 2.48. The van der Waals surface area contributed by atoms with E-state index < -0.39 is 21.4 Å². The van der Waals surface area contributed by atoms with Gasteiger partial charge in [-0.25, -0.2) is 13.4 Å². The maximum atomic E-state index is 12.7. The fourth-order valence-corrected chi connectivity index (χ4v) is 4.62. The van der Waals surface area contributed by atoms with E-state index in [4.69, 9.17) is 0 Å². The number of nitrogens with zero attached hydrogens (tertiary/aromatic N) is 2. The molecule has 0 fully saturated rings. The molecule has 9 heteroatoms. The van der Waals surface area contributed by atoms with Crippen molar-refractivity contribution >= 4 is 32.7 Å². The van der Waals surface area contributed by atoms with Crippen molar-refractivity contribution in [2.24, 2.45) is 0 Å². The fraction of sp³-hybridized carbons (Fsp3) is 0. The van der Waals surface area contributed by atoms with Crippen molar-refractivity contribution in [3.8, 4) is 0 Å². The van der Waals surface area contributed by atoms with Gasteiger partial charge in [0.2, 0.25) is 15.6 Å². The number of ketones is 1. The lowest BCUT2D eigenvalue weighted by atomic mass is 10.2. The fourth-order valence-electron chi connectivity index (χ4n) is 2.00. The Morgan fingerprint density at radius 1 is 1.21 bits per heavy atom. The molecule has 0 aliphatic heterocycles. The molecule has 0 amide bonds. The molecule has 0 unspecified atom stereocenters. The number of thiophene rings is 1. The van der Waals surface area contributed by atoms with Crippen LogP contribution in [-0.2, 0) is 9.84 Å². The van der Waals surface area contributed by atoms with Gasteiger partial charge >= 0.3 is 0 Å². The number of aliphatic hydroxyl groups excluding tert-OH is 1. The number of hydrogen-bond acceptors (Lipinski definition) is 7. The summed E-state index contributed by atoms with van der Waals surface area (Å²) in [4.78, 5) is 16.1. The Morgan fingerprint density at radius 3 is 2.62 bits per heavy atom. The maximum Gasteiger partial charge on any atom is 0.208 e. The van der Waals surface area contributed by atoms with Crippen molar-refractivity contribution in [3.63, 3.8) is 0 Å². The highest BCUT2D eigenvalue weighted by atomic mass is 32.2. The third-order valence-corrected chi connectivity index (χ3v) is 5.99. The van der Waals surface area contributed by atoms with Gasteiger partial charge in [0.15, 0.2) is 11.6 Å². The highest BCUT2D eigenvalue weighted by Crippen LogP contribution is 2.29. The minimum absolute atomic E-state index is 0.0184. The van der Waals surface area contributed by atoms with E-state index in [9.17, 15) is 18.3 Å². The van der Waals surface area contributed by atoms with Gasteiger partial charge < -0.3 is 5.11 Å². The first-order valence-corrected chi connectivity index (χ1v) is 9.05. The first kappa shape index (κ1) is 16.1. The van der Waals surface area contributed by atoms with Gasteiger partial charge in [0.25, 0.3) is 0 Å². The number of carbonyl (C=O) groups is 1. The Bertz CT molecular complexity index is 991. The summed E-state index contributed by atoms with van der Waals surface area (Å²) >= 11 is 0.988. The lowest BCUT2D eigenvalue weighted by Crippen LogP contribution is -2.06.